The van der Waals surface area contributed by atoms with Crippen LogP contribution in [0.2, 0.25) is 15.1 Å². The Morgan fingerprint density at radius 2 is 1.54 bits per heavy atom. The van der Waals surface area contributed by atoms with Gasteiger partial charge in [0.15, 0.2) is 11.5 Å². The van der Waals surface area contributed by atoms with E-state index in [0.29, 0.717) is 10.8 Å². The summed E-state index contributed by atoms with van der Waals surface area (Å²) in [7, 11) is -1.62. The summed E-state index contributed by atoms with van der Waals surface area (Å²) in [6, 6.07) is 12.6. The largest absolute Gasteiger partial charge is 0.493 e. The molecule has 1 unspecified atom stereocenters. The number of primary amides is 1. The molecule has 3 aromatic rings. The van der Waals surface area contributed by atoms with Crippen LogP contribution in [0.15, 0.2) is 59.5 Å². The molecular weight excluding hydrogens is 539 g/mol. The fourth-order valence-corrected chi connectivity index (χ4v) is 5.46. The van der Waals surface area contributed by atoms with Gasteiger partial charge < -0.3 is 20.3 Å². The number of carbonyl (C=O) groups excluding carboxylic acids is 1. The minimum atomic E-state index is -4.39. The maximum atomic E-state index is 13.7. The molecule has 0 aliphatic heterocycles. The van der Waals surface area contributed by atoms with Crippen molar-refractivity contribution in [2.24, 2.45) is 5.73 Å². The zero-order valence-electron chi connectivity index (χ0n) is 18.5. The van der Waals surface area contributed by atoms with E-state index in [4.69, 9.17) is 50.0 Å². The van der Waals surface area contributed by atoms with Gasteiger partial charge in [0.2, 0.25) is 5.91 Å². The van der Waals surface area contributed by atoms with E-state index in [1.807, 2.05) is 0 Å². The maximum Gasteiger partial charge on any atom is 0.264 e. The van der Waals surface area contributed by atoms with Crippen molar-refractivity contribution in [3.63, 3.8) is 0 Å². The van der Waals surface area contributed by atoms with Crippen molar-refractivity contribution in [1.29, 1.82) is 0 Å². The molecule has 3 N–H and O–H groups in total. The van der Waals surface area contributed by atoms with Crippen LogP contribution >= 0.6 is 34.8 Å². The summed E-state index contributed by atoms with van der Waals surface area (Å²) in [5, 5.41) is 11.9. The molecule has 0 aromatic heterocycles. The lowest BCUT2D eigenvalue weighted by Gasteiger charge is -2.28. The number of ether oxygens (including phenoxy) is 2. The quantitative estimate of drug-likeness (QED) is 0.400. The number of benzene rings is 3. The minimum absolute atomic E-state index is 0.0356. The second kappa shape index (κ2) is 10.9. The molecule has 12 heteroatoms. The Morgan fingerprint density at radius 1 is 0.943 bits per heavy atom. The van der Waals surface area contributed by atoms with Crippen LogP contribution in [0, 0.1) is 0 Å². The predicted molar refractivity (Wildman–Crippen MR) is 135 cm³/mol. The van der Waals surface area contributed by atoms with Gasteiger partial charge in [-0.3, -0.25) is 9.10 Å². The summed E-state index contributed by atoms with van der Waals surface area (Å²) >= 11 is 18.5. The Kier molecular flexibility index (Phi) is 8.40. The van der Waals surface area contributed by atoms with Crippen molar-refractivity contribution in [3.05, 3.63) is 80.8 Å². The number of amides is 1. The first-order valence-electron chi connectivity index (χ1n) is 9.95. The molecule has 0 fully saturated rings. The van der Waals surface area contributed by atoms with Crippen molar-refractivity contribution < 1.29 is 27.8 Å². The SMILES string of the molecule is COc1ccc(S(=O)(=O)N(CC(N)=O)c2ccc(Cl)cc2C(O)c2cc(Cl)ccc2Cl)cc1OC. The van der Waals surface area contributed by atoms with Gasteiger partial charge in [0.1, 0.15) is 12.6 Å². The second-order valence-corrected chi connectivity index (χ2v) is 10.4. The van der Waals surface area contributed by atoms with E-state index in [-0.39, 0.29) is 37.5 Å². The molecule has 0 spiro atoms. The van der Waals surface area contributed by atoms with E-state index in [1.165, 1.54) is 62.8 Å². The van der Waals surface area contributed by atoms with Gasteiger partial charge in [-0.05, 0) is 48.5 Å². The number of nitrogens with two attached hydrogens (primary N) is 1. The average molecular weight is 560 g/mol. The first-order chi connectivity index (χ1) is 16.5. The highest BCUT2D eigenvalue weighted by Crippen LogP contribution is 2.39. The van der Waals surface area contributed by atoms with Crippen LogP contribution < -0.4 is 19.5 Å². The van der Waals surface area contributed by atoms with Gasteiger partial charge >= 0.3 is 0 Å². The molecular formula is C23H21Cl3N2O6S. The Balaban J connectivity index is 2.22. The van der Waals surface area contributed by atoms with Crippen LogP contribution in [0.4, 0.5) is 5.69 Å². The predicted octanol–water partition coefficient (Wildman–Crippen LogP) is 4.43. The number of methoxy groups -OCH3 is 2. The van der Waals surface area contributed by atoms with Gasteiger partial charge in [0.05, 0.1) is 24.8 Å². The van der Waals surface area contributed by atoms with Gasteiger partial charge in [0, 0.05) is 32.3 Å². The van der Waals surface area contributed by atoms with Crippen LogP contribution in [0.25, 0.3) is 0 Å². The zero-order chi connectivity index (χ0) is 25.9. The summed E-state index contributed by atoms with van der Waals surface area (Å²) < 4.78 is 38.6. The molecule has 35 heavy (non-hydrogen) atoms. The Hall–Kier alpha value is -2.69. The Morgan fingerprint density at radius 3 is 2.14 bits per heavy atom. The number of carbonyl (C=O) groups is 1. The van der Waals surface area contributed by atoms with E-state index in [0.717, 1.165) is 4.31 Å². The standard InChI is InChI=1S/C23H21Cl3N2O6S/c1-33-20-8-5-15(11-21(20)34-2)35(31,32)28(12-22(27)29)19-7-4-14(25)10-17(19)23(30)16-9-13(24)3-6-18(16)26/h3-11,23,30H,12H2,1-2H3,(H2,27,29). The lowest BCUT2D eigenvalue weighted by molar-refractivity contribution is -0.116. The number of hydrogen-bond acceptors (Lipinski definition) is 6. The third-order valence-electron chi connectivity index (χ3n) is 5.05. The summed E-state index contributed by atoms with van der Waals surface area (Å²) in [4.78, 5) is 11.7. The molecule has 0 heterocycles. The van der Waals surface area contributed by atoms with E-state index < -0.39 is 28.6 Å². The number of rotatable bonds is 9. The molecule has 1 amide bonds. The fourth-order valence-electron chi connectivity index (χ4n) is 3.41. The molecule has 3 rings (SSSR count). The number of anilines is 1. The first kappa shape index (κ1) is 26.9. The number of hydrogen-bond donors (Lipinski definition) is 2. The van der Waals surface area contributed by atoms with Crippen LogP contribution in [0.1, 0.15) is 17.2 Å². The molecule has 0 aliphatic carbocycles. The van der Waals surface area contributed by atoms with E-state index in [2.05, 4.69) is 0 Å². The van der Waals surface area contributed by atoms with Gasteiger partial charge in [0.25, 0.3) is 10.0 Å². The Labute approximate surface area is 217 Å². The maximum absolute atomic E-state index is 13.7. The molecule has 8 nitrogen and oxygen atoms in total. The van der Waals surface area contributed by atoms with Gasteiger partial charge in [-0.2, -0.15) is 0 Å². The number of nitrogens with zero attached hydrogens (tertiary/aromatic N) is 1. The monoisotopic (exact) mass is 558 g/mol. The van der Waals surface area contributed by atoms with Crippen LogP contribution in [-0.2, 0) is 14.8 Å². The van der Waals surface area contributed by atoms with Crippen molar-refractivity contribution in [1.82, 2.24) is 0 Å². The molecule has 0 bridgehead atoms. The van der Waals surface area contributed by atoms with Crippen LogP contribution in [0.3, 0.4) is 0 Å². The van der Waals surface area contributed by atoms with Crippen molar-refractivity contribution in [3.8, 4) is 11.5 Å². The van der Waals surface area contributed by atoms with Gasteiger partial charge in [-0.25, -0.2) is 8.42 Å². The summed E-state index contributed by atoms with van der Waals surface area (Å²) in [5.41, 5.74) is 5.64. The van der Waals surface area contributed by atoms with E-state index in [9.17, 15) is 18.3 Å². The molecule has 3 aromatic carbocycles. The van der Waals surface area contributed by atoms with Crippen LogP contribution in [0.5, 0.6) is 11.5 Å². The number of aliphatic hydroxyl groups excluding tert-OH is 1. The van der Waals surface area contributed by atoms with Gasteiger partial charge in [-0.15, -0.1) is 0 Å². The van der Waals surface area contributed by atoms with E-state index >= 15 is 0 Å². The fraction of sp³-hybridized carbons (Fsp3) is 0.174. The van der Waals surface area contributed by atoms with Crippen molar-refractivity contribution in [2.45, 2.75) is 11.0 Å². The minimum Gasteiger partial charge on any atom is -0.493 e. The smallest absolute Gasteiger partial charge is 0.264 e. The lowest BCUT2D eigenvalue weighted by Crippen LogP contribution is -2.39. The number of aliphatic hydroxyl groups is 1. The number of halogens is 3. The first-order valence-corrected chi connectivity index (χ1v) is 12.5. The van der Waals surface area contributed by atoms with Crippen LogP contribution in [-0.4, -0.2) is 40.2 Å². The molecule has 0 saturated carbocycles. The molecule has 0 saturated heterocycles. The van der Waals surface area contributed by atoms with E-state index in [1.54, 1.807) is 6.07 Å². The topological polar surface area (TPSA) is 119 Å². The van der Waals surface area contributed by atoms with Gasteiger partial charge in [-0.1, -0.05) is 34.8 Å². The van der Waals surface area contributed by atoms with Crippen molar-refractivity contribution >= 4 is 56.4 Å². The van der Waals surface area contributed by atoms with Crippen molar-refractivity contribution in [2.75, 3.05) is 25.1 Å². The summed E-state index contributed by atoms with van der Waals surface area (Å²) in [6.07, 6.45) is -1.44. The molecule has 186 valence electrons. The highest BCUT2D eigenvalue weighted by atomic mass is 35.5. The lowest BCUT2D eigenvalue weighted by atomic mass is 9.99. The third-order valence-corrected chi connectivity index (χ3v) is 7.62. The summed E-state index contributed by atoms with van der Waals surface area (Å²) in [6.45, 7) is -0.721. The number of sulfonamides is 1. The molecule has 0 aliphatic rings. The highest BCUT2D eigenvalue weighted by Gasteiger charge is 2.31. The molecule has 1 atom stereocenters. The highest BCUT2D eigenvalue weighted by molar-refractivity contribution is 7.92. The second-order valence-electron chi connectivity index (χ2n) is 7.27. The third kappa shape index (κ3) is 5.76. The summed E-state index contributed by atoms with van der Waals surface area (Å²) in [5.74, 6) is -0.453. The Bertz CT molecular complexity index is 1370. The average Bonchev–Trinajstić information content (AvgIpc) is 2.83. The molecule has 0 radical (unpaired) electrons. The normalized spacial score (nSPS) is 12.2. The zero-order valence-corrected chi connectivity index (χ0v) is 21.6.